The second-order valence-corrected chi connectivity index (χ2v) is 5.44. The van der Waals surface area contributed by atoms with Gasteiger partial charge in [0.15, 0.2) is 0 Å². The Hall–Kier alpha value is -0.450. The molecule has 3 nitrogen and oxygen atoms in total. The van der Waals surface area contributed by atoms with Gasteiger partial charge < -0.3 is 5.73 Å². The molecule has 1 aliphatic rings. The van der Waals surface area contributed by atoms with Gasteiger partial charge in [0, 0.05) is 24.0 Å². The standard InChI is InChI=1S/C11H19N3S/c1-14(6-10-7-15-9-13-10)8-11(12)4-2-3-5-11/h7,9H,2-6,8,12H2,1H3. The van der Waals surface area contributed by atoms with Gasteiger partial charge in [-0.1, -0.05) is 12.8 Å². The van der Waals surface area contributed by atoms with Gasteiger partial charge in [-0.15, -0.1) is 11.3 Å². The number of hydrogen-bond donors (Lipinski definition) is 1. The van der Waals surface area contributed by atoms with E-state index < -0.39 is 0 Å². The van der Waals surface area contributed by atoms with Crippen LogP contribution >= 0.6 is 11.3 Å². The van der Waals surface area contributed by atoms with Crippen molar-refractivity contribution in [2.45, 2.75) is 37.8 Å². The van der Waals surface area contributed by atoms with Crippen LogP contribution in [0.15, 0.2) is 10.9 Å². The number of thiazole rings is 1. The number of rotatable bonds is 4. The third-order valence-corrected chi connectivity index (χ3v) is 3.73. The van der Waals surface area contributed by atoms with Crippen molar-refractivity contribution in [3.63, 3.8) is 0 Å². The van der Waals surface area contributed by atoms with Crippen LogP contribution in [-0.4, -0.2) is 29.0 Å². The molecular formula is C11H19N3S. The fourth-order valence-electron chi connectivity index (χ4n) is 2.42. The molecule has 15 heavy (non-hydrogen) atoms. The summed E-state index contributed by atoms with van der Waals surface area (Å²) >= 11 is 1.65. The highest BCUT2D eigenvalue weighted by Crippen LogP contribution is 2.27. The predicted molar refractivity (Wildman–Crippen MR) is 63.8 cm³/mol. The predicted octanol–water partition coefficient (Wildman–Crippen LogP) is 1.85. The molecule has 1 aromatic heterocycles. The minimum absolute atomic E-state index is 0.0603. The topological polar surface area (TPSA) is 42.2 Å². The number of hydrogen-bond acceptors (Lipinski definition) is 4. The largest absolute Gasteiger partial charge is 0.324 e. The van der Waals surface area contributed by atoms with Crippen LogP contribution in [0.1, 0.15) is 31.4 Å². The van der Waals surface area contributed by atoms with Crippen molar-refractivity contribution < 1.29 is 0 Å². The average molecular weight is 225 g/mol. The zero-order valence-corrected chi connectivity index (χ0v) is 10.1. The number of likely N-dealkylation sites (N-methyl/N-ethyl adjacent to an activating group) is 1. The molecule has 0 aliphatic heterocycles. The van der Waals surface area contributed by atoms with Crippen molar-refractivity contribution in [3.05, 3.63) is 16.6 Å². The van der Waals surface area contributed by atoms with Gasteiger partial charge in [-0.2, -0.15) is 0 Å². The molecule has 0 amide bonds. The molecule has 0 unspecified atom stereocenters. The third-order valence-electron chi connectivity index (χ3n) is 3.10. The fourth-order valence-corrected chi connectivity index (χ4v) is 2.97. The van der Waals surface area contributed by atoms with E-state index >= 15 is 0 Å². The van der Waals surface area contributed by atoms with Gasteiger partial charge in [0.2, 0.25) is 0 Å². The van der Waals surface area contributed by atoms with Crippen molar-refractivity contribution in [1.82, 2.24) is 9.88 Å². The maximum atomic E-state index is 6.33. The van der Waals surface area contributed by atoms with Crippen LogP contribution in [0.5, 0.6) is 0 Å². The van der Waals surface area contributed by atoms with Gasteiger partial charge in [-0.05, 0) is 19.9 Å². The highest BCUT2D eigenvalue weighted by atomic mass is 32.1. The van der Waals surface area contributed by atoms with E-state index in [-0.39, 0.29) is 5.54 Å². The van der Waals surface area contributed by atoms with Crippen LogP contribution in [0.4, 0.5) is 0 Å². The summed E-state index contributed by atoms with van der Waals surface area (Å²) in [6, 6.07) is 0. The molecule has 1 aliphatic carbocycles. The van der Waals surface area contributed by atoms with E-state index in [1.54, 1.807) is 11.3 Å². The van der Waals surface area contributed by atoms with Crippen LogP contribution in [0, 0.1) is 0 Å². The van der Waals surface area contributed by atoms with Crippen molar-refractivity contribution in [2.24, 2.45) is 5.73 Å². The van der Waals surface area contributed by atoms with Gasteiger partial charge >= 0.3 is 0 Å². The van der Waals surface area contributed by atoms with E-state index in [1.165, 1.54) is 25.7 Å². The van der Waals surface area contributed by atoms with Crippen LogP contribution in [0.3, 0.4) is 0 Å². The molecule has 4 heteroatoms. The second-order valence-electron chi connectivity index (χ2n) is 4.72. The maximum absolute atomic E-state index is 6.33. The Balaban J connectivity index is 1.84. The smallest absolute Gasteiger partial charge is 0.0795 e. The monoisotopic (exact) mass is 225 g/mol. The van der Waals surface area contributed by atoms with Crippen LogP contribution in [-0.2, 0) is 6.54 Å². The molecule has 2 N–H and O–H groups in total. The Morgan fingerprint density at radius 3 is 2.87 bits per heavy atom. The third kappa shape index (κ3) is 3.00. The molecule has 84 valence electrons. The minimum Gasteiger partial charge on any atom is -0.324 e. The summed E-state index contributed by atoms with van der Waals surface area (Å²) in [4.78, 5) is 6.58. The van der Waals surface area contributed by atoms with Gasteiger partial charge in [-0.3, -0.25) is 4.90 Å². The van der Waals surface area contributed by atoms with E-state index in [0.29, 0.717) is 0 Å². The lowest BCUT2D eigenvalue weighted by Gasteiger charge is -2.29. The molecule has 2 rings (SSSR count). The Labute approximate surface area is 95.3 Å². The Morgan fingerprint density at radius 2 is 2.27 bits per heavy atom. The summed E-state index contributed by atoms with van der Waals surface area (Å²) in [6.07, 6.45) is 4.94. The van der Waals surface area contributed by atoms with Crippen molar-refractivity contribution in [3.8, 4) is 0 Å². The number of nitrogens with two attached hydrogens (primary N) is 1. The van der Waals surface area contributed by atoms with Crippen LogP contribution < -0.4 is 5.73 Å². The molecule has 0 saturated heterocycles. The molecule has 1 heterocycles. The van der Waals surface area contributed by atoms with E-state index in [9.17, 15) is 0 Å². The van der Waals surface area contributed by atoms with E-state index in [1.807, 2.05) is 5.51 Å². The Kier molecular flexibility index (Phi) is 3.38. The van der Waals surface area contributed by atoms with E-state index in [2.05, 4.69) is 22.3 Å². The quantitative estimate of drug-likeness (QED) is 0.850. The first-order chi connectivity index (χ1) is 7.18. The Bertz CT molecular complexity index is 291. The normalized spacial score (nSPS) is 19.9. The van der Waals surface area contributed by atoms with Crippen molar-refractivity contribution in [2.75, 3.05) is 13.6 Å². The zero-order valence-electron chi connectivity index (χ0n) is 9.28. The summed E-state index contributed by atoms with van der Waals surface area (Å²) in [5.74, 6) is 0. The number of aromatic nitrogens is 1. The molecule has 1 aromatic rings. The molecule has 0 bridgehead atoms. The molecule has 0 atom stereocenters. The first kappa shape index (κ1) is 11.0. The van der Waals surface area contributed by atoms with Gasteiger partial charge in [0.1, 0.15) is 0 Å². The van der Waals surface area contributed by atoms with Gasteiger partial charge in [-0.25, -0.2) is 4.98 Å². The summed E-state index contributed by atoms with van der Waals surface area (Å²) in [7, 11) is 2.13. The molecule has 0 spiro atoms. The Morgan fingerprint density at radius 1 is 1.53 bits per heavy atom. The lowest BCUT2D eigenvalue weighted by Crippen LogP contribution is -2.46. The highest BCUT2D eigenvalue weighted by Gasteiger charge is 2.30. The minimum atomic E-state index is 0.0603. The summed E-state index contributed by atoms with van der Waals surface area (Å²) in [5, 5.41) is 2.11. The molecule has 0 radical (unpaired) electrons. The van der Waals surface area contributed by atoms with Gasteiger partial charge in [0.25, 0.3) is 0 Å². The highest BCUT2D eigenvalue weighted by molar-refractivity contribution is 7.07. The second kappa shape index (κ2) is 4.60. The van der Waals surface area contributed by atoms with E-state index in [0.717, 1.165) is 18.8 Å². The molecule has 1 fully saturated rings. The lowest BCUT2D eigenvalue weighted by atomic mass is 9.99. The molecule has 0 aromatic carbocycles. The number of nitrogens with zero attached hydrogens (tertiary/aromatic N) is 2. The summed E-state index contributed by atoms with van der Waals surface area (Å²) in [5.41, 5.74) is 9.43. The molecular weight excluding hydrogens is 206 g/mol. The lowest BCUT2D eigenvalue weighted by molar-refractivity contribution is 0.239. The van der Waals surface area contributed by atoms with Crippen LogP contribution in [0.25, 0.3) is 0 Å². The zero-order chi connectivity index (χ0) is 10.7. The van der Waals surface area contributed by atoms with Crippen molar-refractivity contribution >= 4 is 11.3 Å². The summed E-state index contributed by atoms with van der Waals surface area (Å²) < 4.78 is 0. The fraction of sp³-hybridized carbons (Fsp3) is 0.727. The van der Waals surface area contributed by atoms with Gasteiger partial charge in [0.05, 0.1) is 11.2 Å². The molecule has 1 saturated carbocycles. The van der Waals surface area contributed by atoms with Crippen molar-refractivity contribution in [1.29, 1.82) is 0 Å². The van der Waals surface area contributed by atoms with E-state index in [4.69, 9.17) is 5.73 Å². The summed E-state index contributed by atoms with van der Waals surface area (Å²) in [6.45, 7) is 1.91. The average Bonchev–Trinajstić information content (AvgIpc) is 2.76. The maximum Gasteiger partial charge on any atom is 0.0795 e. The first-order valence-electron chi connectivity index (χ1n) is 5.52. The SMILES string of the molecule is CN(Cc1cscn1)CC1(N)CCCC1. The van der Waals surface area contributed by atoms with Crippen LogP contribution in [0.2, 0.25) is 0 Å². The first-order valence-corrected chi connectivity index (χ1v) is 6.47.